The van der Waals surface area contributed by atoms with Crippen molar-refractivity contribution in [3.63, 3.8) is 0 Å². The Morgan fingerprint density at radius 1 is 0.457 bits per heavy atom. The van der Waals surface area contributed by atoms with Gasteiger partial charge in [0.15, 0.2) is 73.8 Å². The van der Waals surface area contributed by atoms with E-state index in [4.69, 9.17) is 77.5 Å². The van der Waals surface area contributed by atoms with Crippen molar-refractivity contribution in [2.24, 2.45) is 0 Å². The highest BCUT2D eigenvalue weighted by Gasteiger charge is 2.52. The zero-order chi connectivity index (χ0) is 62.0. The van der Waals surface area contributed by atoms with E-state index in [9.17, 15) is 47.5 Å². The van der Waals surface area contributed by atoms with Crippen LogP contribution in [0.25, 0.3) is 0 Å². The highest BCUT2D eigenvalue weighted by molar-refractivity contribution is 5.70. The quantitative estimate of drug-likeness (QED) is 0.0406. The second kappa shape index (κ2) is 35.4. The first-order chi connectivity index (χ1) is 37.6. The zero-order valence-electron chi connectivity index (χ0n) is 50.1. The fraction of sp³-hybridized carbons (Fsp3) is 0.792. The number of nitrogens with zero attached hydrogens (tertiary/aromatic N) is 3. The third kappa shape index (κ3) is 27.8. The number of carbonyl (C=O) groups is 9. The molecule has 3 rings (SSSR count). The zero-order valence-corrected chi connectivity index (χ0v) is 50.1. The molecule has 81 heavy (non-hydrogen) atoms. The molecular weight excluding hydrogens is 1080 g/mol. The smallest absolute Gasteiger partial charge is 0.303 e. The average molecular weight is 1170 g/mol. The predicted molar refractivity (Wildman–Crippen MR) is 277 cm³/mol. The van der Waals surface area contributed by atoms with Crippen LogP contribution >= 0.6 is 0 Å². The number of terminal acetylenes is 1. The maximum atomic E-state index is 13.2. The van der Waals surface area contributed by atoms with Crippen LogP contribution in [0.4, 0.5) is 4.39 Å². The van der Waals surface area contributed by atoms with E-state index in [0.717, 1.165) is 28.6 Å². The number of quaternary nitrogens is 3. The summed E-state index contributed by atoms with van der Waals surface area (Å²) < 4.78 is 95.9. The molecule has 2 unspecified atom stereocenters. The Hall–Kier alpha value is -5.64. The van der Waals surface area contributed by atoms with E-state index in [1.165, 1.54) is 62.3 Å². The van der Waals surface area contributed by atoms with Gasteiger partial charge in [-0.3, -0.25) is 47.6 Å². The summed E-state index contributed by atoms with van der Waals surface area (Å²) in [4.78, 5) is 103. The third-order valence-corrected chi connectivity index (χ3v) is 12.6. The average Bonchev–Trinajstić information content (AvgIpc) is 3.35. The first kappa shape index (κ1) is 73.4. The molecule has 0 aromatic carbocycles. The van der Waals surface area contributed by atoms with E-state index in [-0.39, 0.29) is 37.4 Å². The van der Waals surface area contributed by atoms with Gasteiger partial charge in [-0.25, -0.2) is 0 Å². The standard InChI is InChI=1S/C18H27FNO8.C18H32NO8.C17H30NO8/c1-6-7-20(5,11-19)8-9-24-18-17(28-14(4)23)16(27-13(3)22)15(10-25-18)26-12(2)21;1-8-19(6,7)9-10-23-18-17(27-14(5)22)16(26-13(4)21)15(11(2)24-18)25-12(3)20;1-7-18(5,6)8-9-22-17-16(26-13(4)21)15(25-12(3)20)14(10-23-17)24-11(2)19/h1,15-18H,7-11H2,2-5H3;11,15-18H,8-10H2,1-7H3;14-17H,7-10H2,1-6H3/q3*+1/t15-,16+,17-,18+,20?;11-,15+,16+,17-,18?;14-,15+,16-,17+/m111/s1. The Bertz CT molecular complexity index is 2110. The molecule has 464 valence electrons. The van der Waals surface area contributed by atoms with Gasteiger partial charge in [-0.2, -0.15) is 4.39 Å². The monoisotopic (exact) mass is 1170 g/mol. The normalized spacial score (nSPS) is 27.0. The van der Waals surface area contributed by atoms with E-state index in [1.54, 1.807) is 14.0 Å². The third-order valence-electron chi connectivity index (χ3n) is 12.6. The van der Waals surface area contributed by atoms with Crippen molar-refractivity contribution in [1.29, 1.82) is 0 Å². The van der Waals surface area contributed by atoms with Crippen molar-refractivity contribution in [3.05, 3.63) is 0 Å². The minimum absolute atomic E-state index is 0.0357. The fourth-order valence-electron chi connectivity index (χ4n) is 7.75. The van der Waals surface area contributed by atoms with Gasteiger partial charge in [-0.05, 0) is 26.7 Å². The lowest BCUT2D eigenvalue weighted by molar-refractivity contribution is -0.915. The van der Waals surface area contributed by atoms with Crippen LogP contribution in [0.3, 0.4) is 0 Å². The molecule has 0 radical (unpaired) electrons. The van der Waals surface area contributed by atoms with Crippen LogP contribution in [0.1, 0.15) is 83.1 Å². The molecule has 0 spiro atoms. The van der Waals surface area contributed by atoms with Crippen LogP contribution in [0, 0.1) is 12.3 Å². The molecule has 27 nitrogen and oxygen atoms in total. The van der Waals surface area contributed by atoms with Crippen molar-refractivity contribution < 1.29 is 132 Å². The lowest BCUT2D eigenvalue weighted by Crippen LogP contribution is -2.61. The van der Waals surface area contributed by atoms with Gasteiger partial charge >= 0.3 is 53.7 Å². The summed E-state index contributed by atoms with van der Waals surface area (Å²) in [7, 11) is 9.89. The number of hydrogen-bond donors (Lipinski definition) is 0. The topological polar surface area (TPSA) is 292 Å². The summed E-state index contributed by atoms with van der Waals surface area (Å²) in [6.07, 6.45) is -7.52. The van der Waals surface area contributed by atoms with Crippen LogP contribution in [0.5, 0.6) is 0 Å². The molecule has 14 atom stereocenters. The molecule has 0 N–H and O–H groups in total. The van der Waals surface area contributed by atoms with E-state index < -0.39 is 140 Å². The Labute approximate surface area is 474 Å². The number of carbonyl (C=O) groups excluding carboxylic acids is 9. The molecule has 0 aromatic heterocycles. The van der Waals surface area contributed by atoms with Gasteiger partial charge < -0.3 is 80.0 Å². The first-order valence-corrected chi connectivity index (χ1v) is 26.4. The molecular formula is C53H89FN3O24+3. The van der Waals surface area contributed by atoms with Crippen LogP contribution in [-0.2, 0) is 114 Å². The van der Waals surface area contributed by atoms with Gasteiger partial charge in [0, 0.05) is 62.3 Å². The predicted octanol–water partition coefficient (Wildman–Crippen LogP) is 1.05. The molecule has 0 aromatic rings. The Kier molecular flexibility index (Phi) is 32.0. The molecule has 3 aliphatic rings. The summed E-state index contributed by atoms with van der Waals surface area (Å²) in [5.74, 6) is -3.00. The Morgan fingerprint density at radius 3 is 1.07 bits per heavy atom. The minimum Gasteiger partial charge on any atom is -0.456 e. The Balaban J connectivity index is 0.000000608. The maximum Gasteiger partial charge on any atom is 0.303 e. The maximum absolute atomic E-state index is 13.2. The Morgan fingerprint density at radius 2 is 0.753 bits per heavy atom. The lowest BCUT2D eigenvalue weighted by Gasteiger charge is -2.43. The highest BCUT2D eigenvalue weighted by atomic mass is 19.1. The SMILES string of the molecule is C#CC[N+](C)(CF)CCO[C@H]1OC[C@@H](OC(C)=O)[C@H](OC(C)=O)[C@H]1OC(C)=O.CC[N+](C)(C)CCOC1O[C@H](C)[C@H](OC(C)=O)[C@H](OC(C)=O)[C@H]1OC(C)=O.CC[N+](C)(C)CCO[C@H]1OC[C@@H](OC(C)=O)[C@H](OC(C)=O)[C@H]1OC(C)=O. The lowest BCUT2D eigenvalue weighted by atomic mass is 9.99. The van der Waals surface area contributed by atoms with Crippen molar-refractivity contribution in [2.45, 2.75) is 163 Å². The van der Waals surface area contributed by atoms with Crippen LogP contribution in [0.15, 0.2) is 0 Å². The van der Waals surface area contributed by atoms with Crippen molar-refractivity contribution in [3.8, 4) is 12.3 Å². The molecule has 3 saturated heterocycles. The largest absolute Gasteiger partial charge is 0.456 e. The van der Waals surface area contributed by atoms with Gasteiger partial charge in [0.2, 0.25) is 6.80 Å². The summed E-state index contributed by atoms with van der Waals surface area (Å²) in [5.41, 5.74) is 0. The minimum atomic E-state index is -1.17. The molecule has 3 aliphatic heterocycles. The first-order valence-electron chi connectivity index (χ1n) is 26.4. The molecule has 0 aliphatic carbocycles. The van der Waals surface area contributed by atoms with E-state index >= 15 is 0 Å². The van der Waals surface area contributed by atoms with E-state index in [2.05, 4.69) is 48.0 Å². The molecule has 28 heteroatoms. The van der Waals surface area contributed by atoms with Gasteiger partial charge in [0.1, 0.15) is 26.2 Å². The molecule has 0 saturated carbocycles. The van der Waals surface area contributed by atoms with Gasteiger partial charge in [0.05, 0.1) is 87.5 Å². The summed E-state index contributed by atoms with van der Waals surface area (Å²) >= 11 is 0. The van der Waals surface area contributed by atoms with Crippen LogP contribution < -0.4 is 0 Å². The van der Waals surface area contributed by atoms with Gasteiger partial charge in [0.25, 0.3) is 0 Å². The second-order valence-corrected chi connectivity index (χ2v) is 20.8. The number of likely N-dealkylation sites (N-methyl/N-ethyl adjacent to an activating group) is 3. The highest BCUT2D eigenvalue weighted by Crippen LogP contribution is 2.30. The van der Waals surface area contributed by atoms with Crippen LogP contribution in [0.2, 0.25) is 0 Å². The summed E-state index contributed by atoms with van der Waals surface area (Å²) in [6, 6.07) is 0. The second-order valence-electron chi connectivity index (χ2n) is 20.8. The number of alkyl halides is 1. The molecule has 3 heterocycles. The molecule has 0 bridgehead atoms. The van der Waals surface area contributed by atoms with Gasteiger partial charge in [-0.1, -0.05) is 0 Å². The van der Waals surface area contributed by atoms with E-state index in [0.29, 0.717) is 19.8 Å². The molecule has 0 amide bonds. The number of rotatable bonds is 25. The van der Waals surface area contributed by atoms with Crippen LogP contribution in [-0.4, -0.2) is 261 Å². The van der Waals surface area contributed by atoms with Crippen molar-refractivity contribution >= 4 is 53.7 Å². The number of esters is 9. The number of hydrogen-bond acceptors (Lipinski definition) is 24. The number of ether oxygens (including phenoxy) is 15. The van der Waals surface area contributed by atoms with Crippen molar-refractivity contribution in [1.82, 2.24) is 0 Å². The summed E-state index contributed by atoms with van der Waals surface area (Å²) in [5, 5.41) is 0. The summed E-state index contributed by atoms with van der Waals surface area (Å²) in [6.45, 7) is 20.3. The van der Waals surface area contributed by atoms with Crippen molar-refractivity contribution in [2.75, 3.05) is 114 Å². The molecule has 3 fully saturated rings. The van der Waals surface area contributed by atoms with E-state index in [1.807, 2.05) is 0 Å². The fourth-order valence-corrected chi connectivity index (χ4v) is 7.75. The van der Waals surface area contributed by atoms with Gasteiger partial charge in [-0.15, -0.1) is 6.42 Å². The number of halogens is 1.